The zero-order chi connectivity index (χ0) is 16.7. The van der Waals surface area contributed by atoms with Gasteiger partial charge >= 0.3 is 11.9 Å². The quantitative estimate of drug-likeness (QED) is 0.737. The van der Waals surface area contributed by atoms with Crippen LogP contribution < -0.4 is 0 Å². The zero-order valence-electron chi connectivity index (χ0n) is 12.1. The van der Waals surface area contributed by atoms with Crippen LogP contribution in [0, 0.1) is 6.92 Å². The van der Waals surface area contributed by atoms with Crippen LogP contribution in [0.5, 0.6) is 11.5 Å². The number of aryl methyl sites for hydroxylation is 1. The molecule has 6 heteroatoms. The number of methoxy groups -OCH3 is 1. The molecule has 0 heterocycles. The molecule has 0 fully saturated rings. The molecule has 0 radical (unpaired) electrons. The van der Waals surface area contributed by atoms with Crippen molar-refractivity contribution in [1.29, 1.82) is 0 Å². The van der Waals surface area contributed by atoms with Gasteiger partial charge in [0, 0.05) is 0 Å². The number of carbonyl (C=O) groups is 2. The molecular weight excluding hydrogens is 288 g/mol. The molecule has 2 aromatic rings. The van der Waals surface area contributed by atoms with Gasteiger partial charge < -0.3 is 20.1 Å². The Kier molecular flexibility index (Phi) is 5.95. The molecule has 0 spiro atoms. The lowest BCUT2D eigenvalue weighted by atomic mass is 10.1. The van der Waals surface area contributed by atoms with Gasteiger partial charge in [0.1, 0.15) is 17.1 Å². The molecule has 0 unspecified atom stereocenters. The van der Waals surface area contributed by atoms with Gasteiger partial charge in [-0.2, -0.15) is 0 Å². The second-order valence-corrected chi connectivity index (χ2v) is 4.31. The maximum absolute atomic E-state index is 10.8. The van der Waals surface area contributed by atoms with E-state index >= 15 is 0 Å². The number of para-hydroxylation sites is 1. The Morgan fingerprint density at radius 3 is 2.05 bits per heavy atom. The van der Waals surface area contributed by atoms with Crippen molar-refractivity contribution in [2.24, 2.45) is 0 Å². The molecule has 0 aliphatic carbocycles. The number of rotatable bonds is 2. The second-order valence-electron chi connectivity index (χ2n) is 4.31. The highest BCUT2D eigenvalue weighted by molar-refractivity contribution is 5.91. The Morgan fingerprint density at radius 1 is 1.00 bits per heavy atom. The van der Waals surface area contributed by atoms with Crippen molar-refractivity contribution in [1.82, 2.24) is 0 Å². The van der Waals surface area contributed by atoms with Crippen LogP contribution in [0.1, 0.15) is 26.3 Å². The van der Waals surface area contributed by atoms with E-state index in [0.29, 0.717) is 11.1 Å². The van der Waals surface area contributed by atoms with E-state index in [9.17, 15) is 14.7 Å². The van der Waals surface area contributed by atoms with E-state index in [1.165, 1.54) is 37.4 Å². The molecule has 0 saturated carbocycles. The molecule has 0 amide bonds. The number of hydrogen-bond acceptors (Lipinski definition) is 5. The van der Waals surface area contributed by atoms with Crippen molar-refractivity contribution < 1.29 is 29.6 Å². The average Bonchev–Trinajstić information content (AvgIpc) is 2.50. The fourth-order valence-corrected chi connectivity index (χ4v) is 1.55. The van der Waals surface area contributed by atoms with Crippen molar-refractivity contribution in [3.8, 4) is 11.5 Å². The van der Waals surface area contributed by atoms with Gasteiger partial charge in [-0.15, -0.1) is 0 Å². The molecule has 0 aliphatic heterocycles. The zero-order valence-corrected chi connectivity index (χ0v) is 12.1. The lowest BCUT2D eigenvalue weighted by Crippen LogP contribution is -1.99. The van der Waals surface area contributed by atoms with Crippen molar-refractivity contribution in [3.63, 3.8) is 0 Å². The number of esters is 1. The summed E-state index contributed by atoms with van der Waals surface area (Å²) < 4.78 is 4.46. The lowest BCUT2D eigenvalue weighted by Gasteiger charge is -2.00. The van der Waals surface area contributed by atoms with Gasteiger partial charge in [0.15, 0.2) is 0 Å². The minimum atomic E-state index is -1.11. The summed E-state index contributed by atoms with van der Waals surface area (Å²) in [6, 6.07) is 10.5. The predicted octanol–water partition coefficient (Wildman–Crippen LogP) is 2.58. The minimum absolute atomic E-state index is 0.0509. The fraction of sp³-hybridized carbons (Fsp3) is 0.125. The first-order valence-electron chi connectivity index (χ1n) is 6.26. The van der Waals surface area contributed by atoms with Gasteiger partial charge in [-0.05, 0) is 42.8 Å². The normalized spacial score (nSPS) is 9.36. The van der Waals surface area contributed by atoms with E-state index < -0.39 is 11.9 Å². The number of carbonyl (C=O) groups excluding carboxylic acids is 1. The number of aromatic carboxylic acids is 1. The minimum Gasteiger partial charge on any atom is -0.508 e. The maximum Gasteiger partial charge on any atom is 0.339 e. The molecule has 0 aromatic heterocycles. The smallest absolute Gasteiger partial charge is 0.339 e. The van der Waals surface area contributed by atoms with Crippen LogP contribution in [0.15, 0.2) is 42.5 Å². The molecule has 22 heavy (non-hydrogen) atoms. The first-order chi connectivity index (χ1) is 10.4. The maximum atomic E-state index is 10.8. The van der Waals surface area contributed by atoms with E-state index in [1.54, 1.807) is 19.1 Å². The number of carboxylic acid groups (broad SMARTS) is 1. The van der Waals surface area contributed by atoms with Gasteiger partial charge in [0.2, 0.25) is 0 Å². The molecule has 6 nitrogen and oxygen atoms in total. The van der Waals surface area contributed by atoms with Gasteiger partial charge in [-0.1, -0.05) is 12.1 Å². The van der Waals surface area contributed by atoms with Crippen LogP contribution in [0.2, 0.25) is 0 Å². The molecular formula is C16H16O6. The van der Waals surface area contributed by atoms with Crippen LogP contribution >= 0.6 is 0 Å². The summed E-state index contributed by atoms with van der Waals surface area (Å²) in [4.78, 5) is 21.2. The lowest BCUT2D eigenvalue weighted by molar-refractivity contribution is 0.0599. The van der Waals surface area contributed by atoms with E-state index in [1.807, 2.05) is 0 Å². The summed E-state index contributed by atoms with van der Waals surface area (Å²) in [5.74, 6) is -1.52. The molecule has 116 valence electrons. The Labute approximate surface area is 127 Å². The number of ether oxygens (including phenoxy) is 1. The Hall–Kier alpha value is -3.02. The third-order valence-corrected chi connectivity index (χ3v) is 2.76. The van der Waals surface area contributed by atoms with E-state index in [4.69, 9.17) is 10.2 Å². The second kappa shape index (κ2) is 7.68. The Bertz CT molecular complexity index is 661. The van der Waals surface area contributed by atoms with Crippen LogP contribution in [0.3, 0.4) is 0 Å². The topological polar surface area (TPSA) is 104 Å². The number of phenols is 2. The van der Waals surface area contributed by atoms with Crippen LogP contribution in [-0.4, -0.2) is 34.4 Å². The summed E-state index contributed by atoms with van der Waals surface area (Å²) >= 11 is 0. The summed E-state index contributed by atoms with van der Waals surface area (Å²) in [5.41, 5.74) is 0.959. The van der Waals surface area contributed by atoms with Crippen LogP contribution in [-0.2, 0) is 4.74 Å². The van der Waals surface area contributed by atoms with Crippen LogP contribution in [0.25, 0.3) is 0 Å². The van der Waals surface area contributed by atoms with E-state index in [0.717, 1.165) is 0 Å². The largest absolute Gasteiger partial charge is 0.508 e. The first kappa shape index (κ1) is 17.0. The summed E-state index contributed by atoms with van der Waals surface area (Å²) in [6.45, 7) is 1.65. The van der Waals surface area contributed by atoms with Crippen molar-refractivity contribution in [3.05, 3.63) is 59.2 Å². The van der Waals surface area contributed by atoms with E-state index in [2.05, 4.69) is 4.74 Å². The fourth-order valence-electron chi connectivity index (χ4n) is 1.55. The summed E-state index contributed by atoms with van der Waals surface area (Å²) in [7, 11) is 1.31. The summed E-state index contributed by atoms with van der Waals surface area (Å²) in [6.07, 6.45) is 0. The highest BCUT2D eigenvalue weighted by atomic mass is 16.5. The molecule has 3 N–H and O–H groups in total. The number of benzene rings is 2. The van der Waals surface area contributed by atoms with Crippen molar-refractivity contribution in [2.45, 2.75) is 6.92 Å². The molecule has 0 saturated heterocycles. The number of phenolic OH excluding ortho intramolecular Hbond substituents is 1. The highest BCUT2D eigenvalue weighted by Crippen LogP contribution is 2.20. The number of carboxylic acids is 1. The third-order valence-electron chi connectivity index (χ3n) is 2.76. The number of hydrogen-bond donors (Lipinski definition) is 3. The van der Waals surface area contributed by atoms with Crippen LogP contribution in [0.4, 0.5) is 0 Å². The molecule has 2 rings (SSSR count). The molecule has 0 bridgehead atoms. The standard InChI is InChI=1S/2C8H8O3/c1-11-8(10)6-2-4-7(9)5-3-6;1-5-3-2-4-6(7(5)9)8(10)11/h2-5,9H,1H3;2-4,9H,1H3,(H,10,11). The Balaban J connectivity index is 0.000000220. The highest BCUT2D eigenvalue weighted by Gasteiger charge is 2.09. The average molecular weight is 304 g/mol. The van der Waals surface area contributed by atoms with Gasteiger partial charge in [0.05, 0.1) is 12.7 Å². The van der Waals surface area contributed by atoms with Crippen molar-refractivity contribution >= 4 is 11.9 Å². The van der Waals surface area contributed by atoms with Gasteiger partial charge in [-0.25, -0.2) is 9.59 Å². The van der Waals surface area contributed by atoms with Gasteiger partial charge in [0.25, 0.3) is 0 Å². The monoisotopic (exact) mass is 304 g/mol. The van der Waals surface area contributed by atoms with Gasteiger partial charge in [-0.3, -0.25) is 0 Å². The molecule has 2 aromatic carbocycles. The predicted molar refractivity (Wildman–Crippen MR) is 79.2 cm³/mol. The Morgan fingerprint density at radius 2 is 1.59 bits per heavy atom. The SMILES string of the molecule is COC(=O)c1ccc(O)cc1.Cc1cccc(C(=O)O)c1O. The molecule has 0 aliphatic rings. The first-order valence-corrected chi connectivity index (χ1v) is 6.26. The summed E-state index contributed by atoms with van der Waals surface area (Å²) in [5, 5.41) is 26.6. The third kappa shape index (κ3) is 4.52. The molecule has 0 atom stereocenters. The van der Waals surface area contributed by atoms with E-state index in [-0.39, 0.29) is 17.1 Å². The number of aromatic hydroxyl groups is 2. The van der Waals surface area contributed by atoms with Crippen molar-refractivity contribution in [2.75, 3.05) is 7.11 Å².